The summed E-state index contributed by atoms with van der Waals surface area (Å²) in [6, 6.07) is 0. The number of nitrogens with zero attached hydrogens (tertiary/aromatic N) is 1. The summed E-state index contributed by atoms with van der Waals surface area (Å²) < 4.78 is 0. The van der Waals surface area contributed by atoms with E-state index in [0.29, 0.717) is 13.0 Å². The molecular formula is C4H8N2O2. The molecule has 0 fully saturated rings. The largest absolute Gasteiger partial charge is 0.395 e. The first-order chi connectivity index (χ1) is 3.91. The van der Waals surface area contributed by atoms with Crippen LogP contribution < -0.4 is 5.32 Å². The Morgan fingerprint density at radius 2 is 2.62 bits per heavy atom. The van der Waals surface area contributed by atoms with Crippen molar-refractivity contribution in [3.05, 3.63) is 0 Å². The van der Waals surface area contributed by atoms with Crippen LogP contribution in [0.2, 0.25) is 0 Å². The van der Waals surface area contributed by atoms with Crippen molar-refractivity contribution in [3.63, 3.8) is 0 Å². The van der Waals surface area contributed by atoms with Crippen LogP contribution in [0.5, 0.6) is 0 Å². The van der Waals surface area contributed by atoms with E-state index in [1.54, 1.807) is 6.92 Å². The van der Waals surface area contributed by atoms with Crippen LogP contribution >= 0.6 is 0 Å². The van der Waals surface area contributed by atoms with E-state index in [1.807, 2.05) is 0 Å². The first-order valence-corrected chi connectivity index (χ1v) is 2.25. The topological polar surface area (TPSA) is 50.7 Å². The fourth-order valence-corrected chi connectivity index (χ4v) is 0.173. The van der Waals surface area contributed by atoms with Crippen molar-refractivity contribution < 1.29 is 9.63 Å². The van der Waals surface area contributed by atoms with Gasteiger partial charge in [-0.3, -0.25) is 4.79 Å². The van der Waals surface area contributed by atoms with Gasteiger partial charge in [-0.15, -0.1) is 0 Å². The zero-order valence-corrected chi connectivity index (χ0v) is 4.63. The first kappa shape index (κ1) is 6.94. The molecule has 46 valence electrons. The van der Waals surface area contributed by atoms with Gasteiger partial charge in [0, 0.05) is 0 Å². The molecule has 0 rings (SSSR count). The molecule has 0 unspecified atom stereocenters. The monoisotopic (exact) mass is 116 g/mol. The van der Waals surface area contributed by atoms with E-state index in [0.717, 1.165) is 0 Å². The molecule has 0 atom stereocenters. The number of hydrogen-bond donors (Lipinski definition) is 1. The first-order valence-electron chi connectivity index (χ1n) is 2.25. The van der Waals surface area contributed by atoms with E-state index in [2.05, 4.69) is 15.3 Å². The molecule has 0 aromatic carbocycles. The number of carbonyl (C=O) groups is 1. The van der Waals surface area contributed by atoms with Gasteiger partial charge in [-0.1, -0.05) is 5.16 Å². The molecule has 4 nitrogen and oxygen atoms in total. The number of oxime groups is 1. The Balaban J connectivity index is 2.94. The minimum atomic E-state index is 0.511. The van der Waals surface area contributed by atoms with Gasteiger partial charge in [0.15, 0.2) is 0 Å². The highest BCUT2D eigenvalue weighted by atomic mass is 16.6. The van der Waals surface area contributed by atoms with Crippen molar-refractivity contribution in [1.82, 2.24) is 5.32 Å². The van der Waals surface area contributed by atoms with Crippen molar-refractivity contribution in [2.75, 3.05) is 6.61 Å². The van der Waals surface area contributed by atoms with Gasteiger partial charge in [0.2, 0.25) is 6.41 Å². The van der Waals surface area contributed by atoms with Gasteiger partial charge in [0.05, 0.1) is 0 Å². The molecule has 0 aromatic rings. The molecule has 0 saturated heterocycles. The SMILES string of the molecule is CCO/N=C/NC=O. The maximum Gasteiger partial charge on any atom is 0.212 e. The Morgan fingerprint density at radius 3 is 3.12 bits per heavy atom. The third kappa shape index (κ3) is 4.94. The molecule has 8 heavy (non-hydrogen) atoms. The zero-order valence-electron chi connectivity index (χ0n) is 4.63. The molecule has 4 heteroatoms. The molecule has 0 spiro atoms. The minimum absolute atomic E-state index is 0.511. The molecule has 0 aliphatic heterocycles. The second kappa shape index (κ2) is 5.94. The van der Waals surface area contributed by atoms with Crippen LogP contribution in [-0.2, 0) is 9.63 Å². The van der Waals surface area contributed by atoms with Crippen molar-refractivity contribution >= 4 is 12.7 Å². The Labute approximate surface area is 47.5 Å². The smallest absolute Gasteiger partial charge is 0.212 e. The number of amides is 1. The highest BCUT2D eigenvalue weighted by Gasteiger charge is 1.67. The molecule has 0 radical (unpaired) electrons. The fraction of sp³-hybridized carbons (Fsp3) is 0.500. The summed E-state index contributed by atoms with van der Waals surface area (Å²) in [5, 5.41) is 5.50. The molecule has 0 heterocycles. The second-order valence-corrected chi connectivity index (χ2v) is 0.937. The summed E-state index contributed by atoms with van der Waals surface area (Å²) in [5.74, 6) is 0. The van der Waals surface area contributed by atoms with E-state index < -0.39 is 0 Å². The normalized spacial score (nSPS) is 9.12. The predicted molar refractivity (Wildman–Crippen MR) is 29.3 cm³/mol. The lowest BCUT2D eigenvalue weighted by Gasteiger charge is -1.87. The average Bonchev–Trinajstić information content (AvgIpc) is 1.81. The number of hydrogen-bond acceptors (Lipinski definition) is 3. The van der Waals surface area contributed by atoms with Crippen molar-refractivity contribution in [3.8, 4) is 0 Å². The number of rotatable bonds is 4. The summed E-state index contributed by atoms with van der Waals surface area (Å²) in [6.07, 6.45) is 1.69. The lowest BCUT2D eigenvalue weighted by molar-refractivity contribution is -0.108. The third-order valence-electron chi connectivity index (χ3n) is 0.399. The van der Waals surface area contributed by atoms with Gasteiger partial charge in [-0.25, -0.2) is 0 Å². The summed E-state index contributed by atoms with van der Waals surface area (Å²) in [7, 11) is 0. The predicted octanol–water partition coefficient (Wildman–Crippen LogP) is -0.288. The van der Waals surface area contributed by atoms with Crippen molar-refractivity contribution in [2.24, 2.45) is 5.16 Å². The highest BCUT2D eigenvalue weighted by molar-refractivity contribution is 5.70. The maximum atomic E-state index is 9.51. The van der Waals surface area contributed by atoms with Crippen LogP contribution in [-0.4, -0.2) is 19.4 Å². The fourth-order valence-electron chi connectivity index (χ4n) is 0.173. The van der Waals surface area contributed by atoms with E-state index >= 15 is 0 Å². The molecule has 1 N–H and O–H groups in total. The number of carbonyl (C=O) groups excluding carboxylic acids is 1. The van der Waals surface area contributed by atoms with E-state index in [9.17, 15) is 4.79 Å². The molecule has 1 amide bonds. The maximum absolute atomic E-state index is 9.51. The van der Waals surface area contributed by atoms with Crippen LogP contribution in [0.4, 0.5) is 0 Å². The van der Waals surface area contributed by atoms with Gasteiger partial charge in [-0.2, -0.15) is 0 Å². The Hall–Kier alpha value is -1.06. The van der Waals surface area contributed by atoms with Crippen LogP contribution in [0.1, 0.15) is 6.92 Å². The van der Waals surface area contributed by atoms with Gasteiger partial charge in [-0.05, 0) is 6.92 Å². The van der Waals surface area contributed by atoms with Crippen LogP contribution in [0.15, 0.2) is 5.16 Å². The van der Waals surface area contributed by atoms with Gasteiger partial charge < -0.3 is 10.2 Å². The lowest BCUT2D eigenvalue weighted by Crippen LogP contribution is -2.06. The van der Waals surface area contributed by atoms with Crippen molar-refractivity contribution in [2.45, 2.75) is 6.92 Å². The highest BCUT2D eigenvalue weighted by Crippen LogP contribution is 1.66. The van der Waals surface area contributed by atoms with Crippen molar-refractivity contribution in [1.29, 1.82) is 0 Å². The van der Waals surface area contributed by atoms with Gasteiger partial charge in [0.1, 0.15) is 12.9 Å². The Bertz CT molecular complexity index is 82.1. The summed E-state index contributed by atoms with van der Waals surface area (Å²) in [4.78, 5) is 14.0. The van der Waals surface area contributed by atoms with E-state index in [4.69, 9.17) is 0 Å². The molecule has 0 saturated carbocycles. The van der Waals surface area contributed by atoms with Gasteiger partial charge in [0.25, 0.3) is 0 Å². The molecule has 0 aliphatic rings. The van der Waals surface area contributed by atoms with Crippen LogP contribution in [0.25, 0.3) is 0 Å². The molecule has 0 aliphatic carbocycles. The zero-order chi connectivity index (χ0) is 6.24. The van der Waals surface area contributed by atoms with Gasteiger partial charge >= 0.3 is 0 Å². The molecule has 0 aromatic heterocycles. The standard InChI is InChI=1S/C4H8N2O2/c1-2-8-6-3-5-4-7/h3-4H,2H2,1H3,(H,5,6,7). The van der Waals surface area contributed by atoms with E-state index in [1.165, 1.54) is 6.34 Å². The quantitative estimate of drug-likeness (QED) is 0.237. The summed E-state index contributed by atoms with van der Waals surface area (Å²) >= 11 is 0. The lowest BCUT2D eigenvalue weighted by atomic mass is 10.9. The minimum Gasteiger partial charge on any atom is -0.395 e. The summed E-state index contributed by atoms with van der Waals surface area (Å²) in [5.41, 5.74) is 0. The Kier molecular flexibility index (Phi) is 5.15. The third-order valence-corrected chi connectivity index (χ3v) is 0.399. The van der Waals surface area contributed by atoms with Crippen LogP contribution in [0, 0.1) is 0 Å². The van der Waals surface area contributed by atoms with E-state index in [-0.39, 0.29) is 0 Å². The second-order valence-electron chi connectivity index (χ2n) is 0.937. The van der Waals surface area contributed by atoms with Crippen LogP contribution in [0.3, 0.4) is 0 Å². The molecule has 0 bridgehead atoms. The molecular weight excluding hydrogens is 108 g/mol. The Morgan fingerprint density at radius 1 is 1.88 bits per heavy atom. The number of nitrogens with one attached hydrogen (secondary N) is 1. The average molecular weight is 116 g/mol. The summed E-state index contributed by atoms with van der Waals surface area (Å²) in [6.45, 7) is 2.31.